The molecule has 0 spiro atoms. The number of nitrogens with one attached hydrogen (secondary N) is 1. The van der Waals surface area contributed by atoms with Crippen molar-refractivity contribution < 1.29 is 27.4 Å². The van der Waals surface area contributed by atoms with Crippen LogP contribution in [-0.2, 0) is 19.6 Å². The number of morpholine rings is 1. The van der Waals surface area contributed by atoms with Crippen LogP contribution in [0.1, 0.15) is 25.0 Å². The number of sulfonamides is 1. The van der Waals surface area contributed by atoms with Gasteiger partial charge in [0.25, 0.3) is 5.91 Å². The van der Waals surface area contributed by atoms with Crippen LogP contribution in [0.25, 0.3) is 0 Å². The number of ether oxygens (including phenoxy) is 3. The topological polar surface area (TPSA) is 94.2 Å². The summed E-state index contributed by atoms with van der Waals surface area (Å²) in [5.41, 5.74) is 2.32. The van der Waals surface area contributed by atoms with Crippen molar-refractivity contribution >= 4 is 21.6 Å². The molecule has 1 amide bonds. The van der Waals surface area contributed by atoms with Crippen LogP contribution in [0.2, 0.25) is 0 Å². The van der Waals surface area contributed by atoms with Crippen molar-refractivity contribution in [3.05, 3.63) is 47.5 Å². The van der Waals surface area contributed by atoms with Crippen LogP contribution < -0.4 is 14.8 Å². The number of hydrogen-bond donors (Lipinski definition) is 1. The third-order valence-electron chi connectivity index (χ3n) is 4.88. The largest absolute Gasteiger partial charge is 0.489 e. The van der Waals surface area contributed by atoms with E-state index in [0.29, 0.717) is 24.7 Å². The number of benzene rings is 2. The molecule has 1 aliphatic heterocycles. The first-order valence-electron chi connectivity index (χ1n) is 10.6. The van der Waals surface area contributed by atoms with Crippen LogP contribution in [0.4, 0.5) is 5.69 Å². The van der Waals surface area contributed by atoms with Gasteiger partial charge in [0, 0.05) is 13.1 Å². The minimum Gasteiger partial charge on any atom is -0.489 e. The molecule has 2 aromatic rings. The fourth-order valence-corrected chi connectivity index (χ4v) is 4.79. The first-order valence-corrected chi connectivity index (χ1v) is 12.0. The summed E-state index contributed by atoms with van der Waals surface area (Å²) in [5, 5.41) is 2.74. The van der Waals surface area contributed by atoms with E-state index in [-0.39, 0.29) is 36.4 Å². The number of amides is 1. The predicted molar refractivity (Wildman–Crippen MR) is 122 cm³/mol. The number of carbonyl (C=O) groups is 1. The zero-order valence-corrected chi connectivity index (χ0v) is 19.7. The molecule has 1 saturated heterocycles. The van der Waals surface area contributed by atoms with Crippen LogP contribution in [0, 0.1) is 13.8 Å². The highest BCUT2D eigenvalue weighted by molar-refractivity contribution is 7.89. The van der Waals surface area contributed by atoms with Gasteiger partial charge in [-0.3, -0.25) is 4.79 Å². The molecule has 0 aromatic heterocycles. The number of nitrogens with zero attached hydrogens (tertiary/aromatic N) is 1. The lowest BCUT2D eigenvalue weighted by molar-refractivity contribution is -0.118. The van der Waals surface area contributed by atoms with Crippen molar-refractivity contribution in [3.8, 4) is 11.5 Å². The van der Waals surface area contributed by atoms with Gasteiger partial charge in [-0.05, 0) is 57.5 Å². The summed E-state index contributed by atoms with van der Waals surface area (Å²) in [5.74, 6) is 0.591. The average Bonchev–Trinajstić information content (AvgIpc) is 2.74. The molecule has 1 aliphatic rings. The van der Waals surface area contributed by atoms with E-state index in [1.165, 1.54) is 16.4 Å². The molecule has 174 valence electrons. The summed E-state index contributed by atoms with van der Waals surface area (Å²) in [6, 6.07) is 10.2. The van der Waals surface area contributed by atoms with Gasteiger partial charge in [0.2, 0.25) is 10.0 Å². The molecule has 32 heavy (non-hydrogen) atoms. The van der Waals surface area contributed by atoms with Crippen molar-refractivity contribution in [1.82, 2.24) is 4.31 Å². The molecule has 0 atom stereocenters. The van der Waals surface area contributed by atoms with Crippen molar-refractivity contribution in [2.24, 2.45) is 0 Å². The Hall–Kier alpha value is -2.62. The molecule has 1 N–H and O–H groups in total. The summed E-state index contributed by atoms with van der Waals surface area (Å²) in [6.45, 7) is 8.68. The molecular weight excluding hydrogens is 432 g/mol. The normalized spacial score (nSPS) is 14.9. The highest BCUT2D eigenvalue weighted by Gasteiger charge is 2.27. The molecule has 9 heteroatoms. The second-order valence-electron chi connectivity index (χ2n) is 7.95. The number of rotatable bonds is 8. The Balaban J connectivity index is 1.79. The Labute approximate surface area is 189 Å². The Morgan fingerprint density at radius 2 is 1.78 bits per heavy atom. The minimum absolute atomic E-state index is 0.0844. The second-order valence-corrected chi connectivity index (χ2v) is 9.88. The summed E-state index contributed by atoms with van der Waals surface area (Å²) in [7, 11) is -3.72. The fraction of sp³-hybridized carbons (Fsp3) is 0.435. The van der Waals surface area contributed by atoms with Crippen molar-refractivity contribution in [1.29, 1.82) is 0 Å². The van der Waals surface area contributed by atoms with Crippen LogP contribution >= 0.6 is 0 Å². The van der Waals surface area contributed by atoms with E-state index in [2.05, 4.69) is 5.32 Å². The quantitative estimate of drug-likeness (QED) is 0.648. The molecule has 1 heterocycles. The molecular formula is C23H30N2O6S. The summed E-state index contributed by atoms with van der Waals surface area (Å²) in [6.07, 6.45) is -0.154. The van der Waals surface area contributed by atoms with Crippen molar-refractivity contribution in [2.45, 2.75) is 38.7 Å². The van der Waals surface area contributed by atoms with E-state index in [1.807, 2.05) is 45.9 Å². The Bertz CT molecular complexity index is 1060. The number of hydrogen-bond acceptors (Lipinski definition) is 6. The van der Waals surface area contributed by atoms with Crippen LogP contribution in [0.15, 0.2) is 41.3 Å². The van der Waals surface area contributed by atoms with Crippen LogP contribution in [0.5, 0.6) is 11.5 Å². The van der Waals surface area contributed by atoms with Gasteiger partial charge < -0.3 is 19.5 Å². The summed E-state index contributed by atoms with van der Waals surface area (Å²) in [4.78, 5) is 12.7. The highest BCUT2D eigenvalue weighted by Crippen LogP contribution is 2.30. The molecule has 0 saturated carbocycles. The lowest BCUT2D eigenvalue weighted by atomic mass is 10.1. The maximum atomic E-state index is 13.0. The monoisotopic (exact) mass is 462 g/mol. The molecule has 2 aromatic carbocycles. The fourth-order valence-electron chi connectivity index (χ4n) is 3.35. The minimum atomic E-state index is -3.72. The molecule has 0 unspecified atom stereocenters. The average molecular weight is 463 g/mol. The van der Waals surface area contributed by atoms with Crippen LogP contribution in [-0.4, -0.2) is 57.6 Å². The third kappa shape index (κ3) is 5.99. The zero-order chi connectivity index (χ0) is 23.3. The van der Waals surface area contributed by atoms with Crippen molar-refractivity contribution in [2.75, 3.05) is 38.2 Å². The molecule has 0 aliphatic carbocycles. The summed E-state index contributed by atoms with van der Waals surface area (Å²) < 4.78 is 44.1. The van der Waals surface area contributed by atoms with Gasteiger partial charge in [0.05, 0.1) is 29.9 Å². The number of aryl methyl sites for hydroxylation is 2. The molecule has 3 rings (SSSR count). The van der Waals surface area contributed by atoms with E-state index in [1.54, 1.807) is 6.07 Å². The summed E-state index contributed by atoms with van der Waals surface area (Å²) >= 11 is 0. The van der Waals surface area contributed by atoms with Crippen molar-refractivity contribution in [3.63, 3.8) is 0 Å². The molecule has 0 radical (unpaired) electrons. The zero-order valence-electron chi connectivity index (χ0n) is 18.9. The highest BCUT2D eigenvalue weighted by atomic mass is 32.2. The first kappa shape index (κ1) is 24.0. The maximum absolute atomic E-state index is 13.0. The molecule has 1 fully saturated rings. The predicted octanol–water partition coefficient (Wildman–Crippen LogP) is 3.13. The molecule has 0 bridgehead atoms. The maximum Gasteiger partial charge on any atom is 0.262 e. The Morgan fingerprint density at radius 1 is 1.09 bits per heavy atom. The van der Waals surface area contributed by atoms with Gasteiger partial charge in [-0.15, -0.1) is 0 Å². The van der Waals surface area contributed by atoms with E-state index >= 15 is 0 Å². The third-order valence-corrected chi connectivity index (χ3v) is 6.78. The lowest BCUT2D eigenvalue weighted by Gasteiger charge is -2.26. The van der Waals surface area contributed by atoms with Gasteiger partial charge in [0.15, 0.2) is 6.61 Å². The van der Waals surface area contributed by atoms with E-state index in [0.717, 1.165) is 11.1 Å². The van der Waals surface area contributed by atoms with Gasteiger partial charge in [-0.25, -0.2) is 8.42 Å². The lowest BCUT2D eigenvalue weighted by Crippen LogP contribution is -2.40. The van der Waals surface area contributed by atoms with Gasteiger partial charge >= 0.3 is 0 Å². The van der Waals surface area contributed by atoms with E-state index in [4.69, 9.17) is 14.2 Å². The standard InChI is InChI=1S/C23H30N2O6S/c1-16(2)31-22-8-6-19(32(27,28)25-9-11-29-12-10-25)14-20(22)24-23(26)15-30-21-7-5-17(3)13-18(21)4/h5-8,13-14,16H,9-12,15H2,1-4H3,(H,24,26). The SMILES string of the molecule is Cc1ccc(OCC(=O)Nc2cc(S(=O)(=O)N3CCOCC3)ccc2OC(C)C)c(C)c1. The van der Waals surface area contributed by atoms with Gasteiger partial charge in [-0.2, -0.15) is 4.31 Å². The second kappa shape index (κ2) is 10.3. The van der Waals surface area contributed by atoms with E-state index < -0.39 is 15.9 Å². The van der Waals surface area contributed by atoms with Gasteiger partial charge in [0.1, 0.15) is 11.5 Å². The number of anilines is 1. The Kier molecular flexibility index (Phi) is 7.76. The Morgan fingerprint density at radius 3 is 2.44 bits per heavy atom. The van der Waals surface area contributed by atoms with E-state index in [9.17, 15) is 13.2 Å². The smallest absolute Gasteiger partial charge is 0.262 e. The molecule has 8 nitrogen and oxygen atoms in total. The van der Waals surface area contributed by atoms with Crippen LogP contribution in [0.3, 0.4) is 0 Å². The number of carbonyl (C=O) groups excluding carboxylic acids is 1. The first-order chi connectivity index (χ1) is 15.2. The van der Waals surface area contributed by atoms with Gasteiger partial charge in [-0.1, -0.05) is 17.7 Å².